The van der Waals surface area contributed by atoms with Gasteiger partial charge in [-0.3, -0.25) is 0 Å². The highest BCUT2D eigenvalue weighted by molar-refractivity contribution is 9.10. The Morgan fingerprint density at radius 3 is 2.59 bits per heavy atom. The van der Waals surface area contributed by atoms with E-state index in [0.29, 0.717) is 17.3 Å². The predicted octanol–water partition coefficient (Wildman–Crippen LogP) is 3.01. The largest absolute Gasteiger partial charge is 0.447 e. The molecular weight excluding hydrogens is 282 g/mol. The summed E-state index contributed by atoms with van der Waals surface area (Å²) in [7, 11) is 0. The second-order valence-electron chi connectivity index (χ2n) is 3.23. The van der Waals surface area contributed by atoms with E-state index >= 15 is 0 Å². The maximum absolute atomic E-state index is 5.84. The minimum Gasteiger partial charge on any atom is -0.447 e. The summed E-state index contributed by atoms with van der Waals surface area (Å²) in [6.07, 6.45) is 2.67. The smallest absolute Gasteiger partial charge is 0.231 e. The molecule has 0 saturated carbocycles. The van der Waals surface area contributed by atoms with Crippen LogP contribution in [0.1, 0.15) is 0 Å². The fourth-order valence-electron chi connectivity index (χ4n) is 1.44. The lowest BCUT2D eigenvalue weighted by molar-refractivity contribution is 0.464. The fraction of sp³-hybridized carbons (Fsp3) is 0. The Morgan fingerprint density at radius 2 is 1.94 bits per heavy atom. The van der Waals surface area contributed by atoms with Crippen LogP contribution in [0.5, 0.6) is 5.88 Å². The molecule has 1 aromatic heterocycles. The van der Waals surface area contributed by atoms with Crippen LogP contribution in [0.2, 0.25) is 0 Å². The number of nitrogen functional groups attached to an aromatic ring is 1. The number of nitrogens with two attached hydrogens (primary N) is 1. The third kappa shape index (κ3) is 2.45. The first kappa shape index (κ1) is 11.6. The van der Waals surface area contributed by atoms with Crippen molar-refractivity contribution in [3.8, 4) is 17.0 Å². The van der Waals surface area contributed by atoms with Gasteiger partial charge in [0.15, 0.2) is 0 Å². The van der Waals surface area contributed by atoms with Crippen molar-refractivity contribution < 1.29 is 4.74 Å². The van der Waals surface area contributed by atoms with E-state index in [1.54, 1.807) is 0 Å². The number of nitrogens with zero attached hydrogens (tertiary/aromatic N) is 2. The van der Waals surface area contributed by atoms with Crippen molar-refractivity contribution >= 4 is 21.7 Å². The van der Waals surface area contributed by atoms with Gasteiger partial charge in [0.05, 0.1) is 11.8 Å². The molecule has 1 aromatic carbocycles. The van der Waals surface area contributed by atoms with Crippen molar-refractivity contribution in [2.45, 2.75) is 0 Å². The van der Waals surface area contributed by atoms with Gasteiger partial charge in [-0.15, -0.1) is 0 Å². The molecule has 86 valence electrons. The minimum atomic E-state index is 0.374. The van der Waals surface area contributed by atoms with Crippen molar-refractivity contribution in [1.29, 1.82) is 0 Å². The summed E-state index contributed by atoms with van der Waals surface area (Å²) in [5.74, 6) is 0.772. The molecule has 1 heterocycles. The Kier molecular flexibility index (Phi) is 3.39. The zero-order valence-electron chi connectivity index (χ0n) is 8.93. The average molecular weight is 292 g/mol. The first-order valence-electron chi connectivity index (χ1n) is 4.86. The third-order valence-electron chi connectivity index (χ3n) is 2.17. The van der Waals surface area contributed by atoms with E-state index in [1.165, 1.54) is 12.6 Å². The Morgan fingerprint density at radius 1 is 1.24 bits per heavy atom. The van der Waals surface area contributed by atoms with E-state index in [2.05, 4.69) is 32.5 Å². The maximum atomic E-state index is 5.84. The molecule has 5 heteroatoms. The van der Waals surface area contributed by atoms with Gasteiger partial charge in [0.25, 0.3) is 0 Å². The van der Waals surface area contributed by atoms with Crippen molar-refractivity contribution in [2.75, 3.05) is 5.73 Å². The SMILES string of the molecule is C=COc1ncnc(N)c1-c1ccc(Br)cc1. The van der Waals surface area contributed by atoms with Crippen molar-refractivity contribution in [3.05, 3.63) is 47.9 Å². The highest BCUT2D eigenvalue weighted by Crippen LogP contribution is 2.32. The summed E-state index contributed by atoms with van der Waals surface area (Å²) < 4.78 is 6.21. The zero-order valence-corrected chi connectivity index (χ0v) is 10.5. The van der Waals surface area contributed by atoms with Crippen LogP contribution in [0, 0.1) is 0 Å². The van der Waals surface area contributed by atoms with Crippen LogP contribution in [0.4, 0.5) is 5.82 Å². The normalized spacial score (nSPS) is 9.94. The van der Waals surface area contributed by atoms with Gasteiger partial charge >= 0.3 is 0 Å². The lowest BCUT2D eigenvalue weighted by atomic mass is 10.1. The van der Waals surface area contributed by atoms with Gasteiger partial charge < -0.3 is 10.5 Å². The van der Waals surface area contributed by atoms with Gasteiger partial charge in [0.2, 0.25) is 5.88 Å². The quantitative estimate of drug-likeness (QED) is 0.883. The van der Waals surface area contributed by atoms with Crippen LogP contribution in [-0.4, -0.2) is 9.97 Å². The topological polar surface area (TPSA) is 61.0 Å². The third-order valence-corrected chi connectivity index (χ3v) is 2.70. The minimum absolute atomic E-state index is 0.374. The predicted molar refractivity (Wildman–Crippen MR) is 70.4 cm³/mol. The Hall–Kier alpha value is -1.88. The Labute approximate surface area is 107 Å². The van der Waals surface area contributed by atoms with Crippen molar-refractivity contribution in [1.82, 2.24) is 9.97 Å². The summed E-state index contributed by atoms with van der Waals surface area (Å²) in [5, 5.41) is 0. The molecule has 0 fully saturated rings. The highest BCUT2D eigenvalue weighted by Gasteiger charge is 2.12. The molecule has 0 aliphatic carbocycles. The van der Waals surface area contributed by atoms with Gasteiger partial charge in [-0.2, -0.15) is 0 Å². The van der Waals surface area contributed by atoms with Gasteiger partial charge in [-0.05, 0) is 17.7 Å². The van der Waals surface area contributed by atoms with Gasteiger partial charge in [0, 0.05) is 4.47 Å². The number of hydrogen-bond acceptors (Lipinski definition) is 4. The molecule has 0 amide bonds. The number of ether oxygens (including phenoxy) is 1. The monoisotopic (exact) mass is 291 g/mol. The molecule has 0 aliphatic rings. The van der Waals surface area contributed by atoms with E-state index in [4.69, 9.17) is 10.5 Å². The van der Waals surface area contributed by atoms with Gasteiger partial charge in [-0.1, -0.05) is 34.6 Å². The molecular formula is C12H10BrN3O. The van der Waals surface area contributed by atoms with Gasteiger partial charge in [-0.25, -0.2) is 9.97 Å². The molecule has 2 aromatic rings. The second kappa shape index (κ2) is 4.97. The van der Waals surface area contributed by atoms with Crippen LogP contribution in [0.15, 0.2) is 47.9 Å². The van der Waals surface area contributed by atoms with E-state index in [9.17, 15) is 0 Å². The molecule has 0 radical (unpaired) electrons. The number of halogens is 1. The first-order chi connectivity index (χ1) is 8.22. The number of benzene rings is 1. The summed E-state index contributed by atoms with van der Waals surface area (Å²) in [6, 6.07) is 7.66. The number of hydrogen-bond donors (Lipinski definition) is 1. The molecule has 0 unspecified atom stereocenters. The summed E-state index contributed by atoms with van der Waals surface area (Å²) in [4.78, 5) is 7.99. The fourth-order valence-corrected chi connectivity index (χ4v) is 1.70. The van der Waals surface area contributed by atoms with E-state index in [-0.39, 0.29) is 0 Å². The molecule has 4 nitrogen and oxygen atoms in total. The second-order valence-corrected chi connectivity index (χ2v) is 4.15. The zero-order chi connectivity index (χ0) is 12.3. The van der Waals surface area contributed by atoms with Crippen LogP contribution in [0.25, 0.3) is 11.1 Å². The molecule has 0 spiro atoms. The summed E-state index contributed by atoms with van der Waals surface area (Å²) in [6.45, 7) is 3.50. The maximum Gasteiger partial charge on any atom is 0.231 e. The van der Waals surface area contributed by atoms with Crippen molar-refractivity contribution in [2.24, 2.45) is 0 Å². The van der Waals surface area contributed by atoms with E-state index in [1.807, 2.05) is 24.3 Å². The molecule has 0 aliphatic heterocycles. The van der Waals surface area contributed by atoms with Crippen molar-refractivity contribution in [3.63, 3.8) is 0 Å². The standard InChI is InChI=1S/C12H10BrN3O/c1-2-17-12-10(11(14)15-7-16-12)8-3-5-9(13)6-4-8/h2-7H,1H2,(H2,14,15,16). The van der Waals surface area contributed by atoms with Crippen LogP contribution in [-0.2, 0) is 0 Å². The molecule has 17 heavy (non-hydrogen) atoms. The Balaban J connectivity index is 2.56. The highest BCUT2D eigenvalue weighted by atomic mass is 79.9. The molecule has 0 atom stereocenters. The average Bonchev–Trinajstić information content (AvgIpc) is 2.32. The number of aromatic nitrogens is 2. The van der Waals surface area contributed by atoms with Crippen LogP contribution in [0.3, 0.4) is 0 Å². The number of rotatable bonds is 3. The summed E-state index contributed by atoms with van der Waals surface area (Å²) >= 11 is 3.38. The molecule has 2 rings (SSSR count). The molecule has 0 saturated heterocycles. The first-order valence-corrected chi connectivity index (χ1v) is 5.65. The van der Waals surface area contributed by atoms with Gasteiger partial charge in [0.1, 0.15) is 12.1 Å². The van der Waals surface area contributed by atoms with E-state index in [0.717, 1.165) is 10.0 Å². The Bertz CT molecular complexity index is 540. The lowest BCUT2D eigenvalue weighted by Gasteiger charge is -2.09. The summed E-state index contributed by atoms with van der Waals surface area (Å²) in [5.41, 5.74) is 7.40. The van der Waals surface area contributed by atoms with E-state index < -0.39 is 0 Å². The molecule has 2 N–H and O–H groups in total. The van der Waals surface area contributed by atoms with Crippen LogP contribution >= 0.6 is 15.9 Å². The van der Waals surface area contributed by atoms with Crippen LogP contribution < -0.4 is 10.5 Å². The number of anilines is 1. The molecule has 0 bridgehead atoms. The lowest BCUT2D eigenvalue weighted by Crippen LogP contribution is -1.99.